The van der Waals surface area contributed by atoms with E-state index in [2.05, 4.69) is 31.8 Å². The lowest BCUT2D eigenvalue weighted by molar-refractivity contribution is 0.252. The van der Waals surface area contributed by atoms with Crippen molar-refractivity contribution < 1.29 is 4.79 Å². The molecule has 2 aromatic rings. The molecule has 4 nitrogen and oxygen atoms in total. The number of rotatable bonds is 3. The highest BCUT2D eigenvalue weighted by atomic mass is 79.9. The fourth-order valence-electron chi connectivity index (χ4n) is 1.77. The van der Waals surface area contributed by atoms with Gasteiger partial charge in [0, 0.05) is 10.2 Å². The summed E-state index contributed by atoms with van der Waals surface area (Å²) < 4.78 is 1.01. The summed E-state index contributed by atoms with van der Waals surface area (Å²) in [4.78, 5) is 11.7. The molecule has 0 unspecified atom stereocenters. The largest absolute Gasteiger partial charge is 0.339 e. The minimum atomic E-state index is -0.374. The highest BCUT2D eigenvalue weighted by Crippen LogP contribution is 2.19. The fourth-order valence-corrected chi connectivity index (χ4v) is 2.02. The van der Waals surface area contributed by atoms with Gasteiger partial charge in [0.2, 0.25) is 0 Å². The highest BCUT2D eigenvalue weighted by Gasteiger charge is 2.02. The van der Waals surface area contributed by atoms with Crippen molar-refractivity contribution >= 4 is 33.9 Å². The molecule has 0 aliphatic rings. The van der Waals surface area contributed by atoms with Crippen molar-refractivity contribution in [2.75, 3.05) is 5.32 Å². The Morgan fingerprint density at radius 3 is 2.62 bits per heavy atom. The first-order valence-corrected chi connectivity index (χ1v) is 7.27. The summed E-state index contributed by atoms with van der Waals surface area (Å²) in [6.07, 6.45) is 1.63. The van der Waals surface area contributed by atoms with E-state index in [-0.39, 0.29) is 6.03 Å². The Morgan fingerprint density at radius 2 is 1.90 bits per heavy atom. The van der Waals surface area contributed by atoms with E-state index in [1.807, 2.05) is 56.3 Å². The Kier molecular flexibility index (Phi) is 5.11. The summed E-state index contributed by atoms with van der Waals surface area (Å²) in [5, 5.41) is 6.67. The SMILES string of the molecule is Cc1cc(NC(=O)N/N=C/c2ccccc2C)ccc1Br. The summed E-state index contributed by atoms with van der Waals surface area (Å²) in [6.45, 7) is 3.95. The van der Waals surface area contributed by atoms with Crippen LogP contribution in [-0.2, 0) is 0 Å². The highest BCUT2D eigenvalue weighted by molar-refractivity contribution is 9.10. The Morgan fingerprint density at radius 1 is 1.14 bits per heavy atom. The van der Waals surface area contributed by atoms with E-state index in [1.54, 1.807) is 6.21 Å². The van der Waals surface area contributed by atoms with Gasteiger partial charge in [0.05, 0.1) is 6.21 Å². The third kappa shape index (κ3) is 4.43. The average Bonchev–Trinajstić information content (AvgIpc) is 2.45. The Hall–Kier alpha value is -2.14. The molecule has 0 aromatic heterocycles. The van der Waals surface area contributed by atoms with E-state index in [9.17, 15) is 4.79 Å². The minimum Gasteiger partial charge on any atom is -0.307 e. The number of nitrogens with zero attached hydrogens (tertiary/aromatic N) is 1. The predicted octanol–water partition coefficient (Wildman–Crippen LogP) is 4.22. The Labute approximate surface area is 132 Å². The van der Waals surface area contributed by atoms with Gasteiger partial charge in [0.1, 0.15) is 0 Å². The smallest absolute Gasteiger partial charge is 0.307 e. The second-order valence-electron chi connectivity index (χ2n) is 4.64. The van der Waals surface area contributed by atoms with Gasteiger partial charge >= 0.3 is 6.03 Å². The van der Waals surface area contributed by atoms with Crippen LogP contribution in [0.25, 0.3) is 0 Å². The van der Waals surface area contributed by atoms with Gasteiger partial charge in [-0.15, -0.1) is 0 Å². The molecular formula is C16H16BrN3O. The Bertz CT molecular complexity index is 683. The average molecular weight is 346 g/mol. The number of aryl methyl sites for hydroxylation is 2. The summed E-state index contributed by atoms with van der Waals surface area (Å²) in [5.74, 6) is 0. The third-order valence-corrected chi connectivity index (χ3v) is 3.86. The van der Waals surface area contributed by atoms with Crippen molar-refractivity contribution in [2.24, 2.45) is 5.10 Å². The van der Waals surface area contributed by atoms with E-state index < -0.39 is 0 Å². The zero-order valence-electron chi connectivity index (χ0n) is 11.9. The molecule has 2 N–H and O–H groups in total. The van der Waals surface area contributed by atoms with Crippen LogP contribution in [0.1, 0.15) is 16.7 Å². The molecule has 0 radical (unpaired) electrons. The van der Waals surface area contributed by atoms with Crippen molar-refractivity contribution in [3.63, 3.8) is 0 Å². The summed E-state index contributed by atoms with van der Waals surface area (Å²) in [5.41, 5.74) is 6.30. The van der Waals surface area contributed by atoms with Gasteiger partial charge < -0.3 is 5.32 Å². The Balaban J connectivity index is 1.93. The lowest BCUT2D eigenvalue weighted by atomic mass is 10.1. The number of carbonyl (C=O) groups excluding carboxylic acids is 1. The van der Waals surface area contributed by atoms with Gasteiger partial charge in [-0.3, -0.25) is 0 Å². The number of hydrogen-bond acceptors (Lipinski definition) is 2. The number of carbonyl (C=O) groups is 1. The van der Waals surface area contributed by atoms with Crippen molar-refractivity contribution in [3.8, 4) is 0 Å². The van der Waals surface area contributed by atoms with Crippen molar-refractivity contribution in [1.82, 2.24) is 5.43 Å². The first kappa shape index (κ1) is 15.3. The minimum absolute atomic E-state index is 0.374. The molecule has 0 spiro atoms. The second-order valence-corrected chi connectivity index (χ2v) is 5.50. The van der Waals surface area contributed by atoms with E-state index >= 15 is 0 Å². The molecule has 0 heterocycles. The van der Waals surface area contributed by atoms with E-state index in [4.69, 9.17) is 0 Å². The first-order valence-electron chi connectivity index (χ1n) is 6.48. The van der Waals surface area contributed by atoms with Gasteiger partial charge in [-0.05, 0) is 48.7 Å². The van der Waals surface area contributed by atoms with Gasteiger partial charge in [0.15, 0.2) is 0 Å². The number of nitrogens with one attached hydrogen (secondary N) is 2. The molecule has 0 bridgehead atoms. The van der Waals surface area contributed by atoms with Crippen LogP contribution in [0.15, 0.2) is 52.0 Å². The quantitative estimate of drug-likeness (QED) is 0.634. The maximum atomic E-state index is 11.7. The number of urea groups is 1. The lowest BCUT2D eigenvalue weighted by Crippen LogP contribution is -2.24. The number of hydrogen-bond donors (Lipinski definition) is 2. The maximum absolute atomic E-state index is 11.7. The third-order valence-electron chi connectivity index (χ3n) is 2.97. The summed E-state index contributed by atoms with van der Waals surface area (Å²) in [6, 6.07) is 13.0. The van der Waals surface area contributed by atoms with Crippen LogP contribution >= 0.6 is 15.9 Å². The summed E-state index contributed by atoms with van der Waals surface area (Å²) in [7, 11) is 0. The van der Waals surface area contributed by atoms with Crippen molar-refractivity contribution in [2.45, 2.75) is 13.8 Å². The molecule has 21 heavy (non-hydrogen) atoms. The maximum Gasteiger partial charge on any atom is 0.339 e. The molecule has 0 aliphatic carbocycles. The molecule has 0 saturated heterocycles. The molecule has 0 saturated carbocycles. The lowest BCUT2D eigenvalue weighted by Gasteiger charge is -2.06. The monoisotopic (exact) mass is 345 g/mol. The van der Waals surface area contributed by atoms with Crippen LogP contribution in [0, 0.1) is 13.8 Å². The summed E-state index contributed by atoms with van der Waals surface area (Å²) >= 11 is 3.42. The second kappa shape index (κ2) is 7.04. The van der Waals surface area contributed by atoms with Crippen molar-refractivity contribution in [1.29, 1.82) is 0 Å². The molecular weight excluding hydrogens is 330 g/mol. The van der Waals surface area contributed by atoms with Crippen LogP contribution in [0.3, 0.4) is 0 Å². The van der Waals surface area contributed by atoms with Gasteiger partial charge in [-0.25, -0.2) is 10.2 Å². The molecule has 2 amide bonds. The van der Waals surface area contributed by atoms with Gasteiger partial charge in [-0.2, -0.15) is 5.10 Å². The van der Waals surface area contributed by atoms with Gasteiger partial charge in [-0.1, -0.05) is 40.2 Å². The molecule has 0 fully saturated rings. The number of hydrazone groups is 1. The fraction of sp³-hybridized carbons (Fsp3) is 0.125. The van der Waals surface area contributed by atoms with Crippen LogP contribution in [0.5, 0.6) is 0 Å². The van der Waals surface area contributed by atoms with Crippen LogP contribution in [0.2, 0.25) is 0 Å². The number of amides is 2. The molecule has 2 rings (SSSR count). The first-order chi connectivity index (χ1) is 10.1. The number of benzene rings is 2. The molecule has 0 atom stereocenters. The number of halogens is 1. The number of anilines is 1. The van der Waals surface area contributed by atoms with E-state index in [1.165, 1.54) is 0 Å². The van der Waals surface area contributed by atoms with Gasteiger partial charge in [0.25, 0.3) is 0 Å². The molecule has 5 heteroatoms. The normalized spacial score (nSPS) is 10.6. The van der Waals surface area contributed by atoms with E-state index in [0.29, 0.717) is 0 Å². The zero-order valence-corrected chi connectivity index (χ0v) is 13.4. The van der Waals surface area contributed by atoms with Crippen LogP contribution in [-0.4, -0.2) is 12.2 Å². The predicted molar refractivity (Wildman–Crippen MR) is 89.8 cm³/mol. The molecule has 108 valence electrons. The standard InChI is InChI=1S/C16H16BrN3O/c1-11-5-3-4-6-13(11)10-18-20-16(21)19-14-7-8-15(17)12(2)9-14/h3-10H,1-2H3,(H2,19,20,21)/b18-10+. The van der Waals surface area contributed by atoms with Crippen LogP contribution in [0.4, 0.5) is 10.5 Å². The van der Waals surface area contributed by atoms with Crippen molar-refractivity contribution in [3.05, 3.63) is 63.6 Å². The molecule has 0 aliphatic heterocycles. The molecule has 2 aromatic carbocycles. The zero-order chi connectivity index (χ0) is 15.2. The van der Waals surface area contributed by atoms with E-state index in [0.717, 1.165) is 26.9 Å². The topological polar surface area (TPSA) is 53.5 Å². The van der Waals surface area contributed by atoms with Crippen LogP contribution < -0.4 is 10.7 Å².